The second-order valence-electron chi connectivity index (χ2n) is 3.72. The van der Waals surface area contributed by atoms with Crippen LogP contribution in [0.4, 0.5) is 5.69 Å². The number of halogens is 1. The Balaban J connectivity index is 2.97. The molecule has 1 aromatic carbocycles. The van der Waals surface area contributed by atoms with Gasteiger partial charge in [-0.15, -0.1) is 0 Å². The van der Waals surface area contributed by atoms with Crippen molar-refractivity contribution < 1.29 is 4.79 Å². The molecule has 0 aliphatic rings. The maximum atomic E-state index is 11.4. The molecule has 0 aliphatic heterocycles. The molecule has 0 aliphatic carbocycles. The molecule has 1 amide bonds. The quantitative estimate of drug-likeness (QED) is 0.806. The van der Waals surface area contributed by atoms with Crippen molar-refractivity contribution in [2.24, 2.45) is 5.73 Å². The monoisotopic (exact) mass is 329 g/mol. The minimum Gasteiger partial charge on any atom is -0.389 e. The van der Waals surface area contributed by atoms with Gasteiger partial charge in [-0.25, -0.2) is 0 Å². The number of thiocarbonyl (C=S) groups is 1. The predicted octanol–water partition coefficient (Wildman–Crippen LogP) is 1.66. The number of anilines is 1. The lowest BCUT2D eigenvalue weighted by Crippen LogP contribution is -2.35. The number of carbonyl (C=O) groups excluding carboxylic acids is 1. The van der Waals surface area contributed by atoms with Crippen LogP contribution >= 0.6 is 28.1 Å². The second-order valence-corrected chi connectivity index (χ2v) is 5.01. The fraction of sp³-hybridized carbons (Fsp3) is 0.333. The molecule has 0 saturated heterocycles. The number of nitrogens with zero attached hydrogens (tertiary/aromatic N) is 1. The molecule has 0 radical (unpaired) electrons. The molecule has 18 heavy (non-hydrogen) atoms. The van der Waals surface area contributed by atoms with Gasteiger partial charge in [0.05, 0.1) is 6.54 Å². The first-order chi connectivity index (χ1) is 8.49. The van der Waals surface area contributed by atoms with Gasteiger partial charge in [0, 0.05) is 29.3 Å². The Morgan fingerprint density at radius 2 is 2.22 bits per heavy atom. The van der Waals surface area contributed by atoms with Crippen LogP contribution in [0.3, 0.4) is 0 Å². The molecule has 3 N–H and O–H groups in total. The number of carbonyl (C=O) groups is 1. The number of benzene rings is 1. The fourth-order valence-corrected chi connectivity index (χ4v) is 2.43. The first-order valence-electron chi connectivity index (χ1n) is 5.54. The van der Waals surface area contributed by atoms with Crippen molar-refractivity contribution in [3.63, 3.8) is 0 Å². The van der Waals surface area contributed by atoms with Crippen LogP contribution in [0.2, 0.25) is 0 Å². The van der Waals surface area contributed by atoms with Gasteiger partial charge in [0.25, 0.3) is 0 Å². The molecular formula is C12H16BrN3OS. The zero-order valence-corrected chi connectivity index (χ0v) is 12.8. The van der Waals surface area contributed by atoms with Crippen molar-refractivity contribution in [3.8, 4) is 0 Å². The lowest BCUT2D eigenvalue weighted by Gasteiger charge is -2.22. The summed E-state index contributed by atoms with van der Waals surface area (Å²) in [5.74, 6) is -0.0219. The summed E-state index contributed by atoms with van der Waals surface area (Å²) in [6.45, 7) is 3.07. The molecule has 0 unspecified atom stereocenters. The molecule has 4 nitrogen and oxygen atoms in total. The van der Waals surface area contributed by atoms with E-state index < -0.39 is 0 Å². The second kappa shape index (κ2) is 6.70. The summed E-state index contributed by atoms with van der Waals surface area (Å²) in [6, 6.07) is 5.68. The van der Waals surface area contributed by atoms with Crippen LogP contribution in [0.15, 0.2) is 22.7 Å². The number of amides is 1. The van der Waals surface area contributed by atoms with Crippen LogP contribution in [0.1, 0.15) is 12.5 Å². The van der Waals surface area contributed by atoms with Crippen LogP contribution < -0.4 is 16.0 Å². The topological polar surface area (TPSA) is 58.4 Å². The standard InChI is InChI=1S/C12H16BrN3OS/c1-3-16(7-11(17)15-2)8-4-5-9(12(14)18)10(13)6-8/h4-6H,3,7H2,1-2H3,(H2,14,18)(H,15,17). The average molecular weight is 330 g/mol. The first kappa shape index (κ1) is 14.9. The lowest BCUT2D eigenvalue weighted by molar-refractivity contribution is -0.119. The zero-order valence-electron chi connectivity index (χ0n) is 10.4. The van der Waals surface area contributed by atoms with E-state index in [1.807, 2.05) is 30.0 Å². The third-order valence-corrected chi connectivity index (χ3v) is 3.45. The molecule has 0 heterocycles. The first-order valence-corrected chi connectivity index (χ1v) is 6.74. The molecule has 98 valence electrons. The van der Waals surface area contributed by atoms with Gasteiger partial charge in [0.2, 0.25) is 5.91 Å². The number of hydrogen-bond acceptors (Lipinski definition) is 3. The van der Waals surface area contributed by atoms with Crippen LogP contribution in [-0.2, 0) is 4.79 Å². The Morgan fingerprint density at radius 3 is 2.67 bits per heavy atom. The van der Waals surface area contributed by atoms with E-state index in [9.17, 15) is 4.79 Å². The average Bonchev–Trinajstić information content (AvgIpc) is 2.34. The van der Waals surface area contributed by atoms with Gasteiger partial charge in [-0.2, -0.15) is 0 Å². The minimum atomic E-state index is -0.0219. The van der Waals surface area contributed by atoms with E-state index in [1.54, 1.807) is 7.05 Å². The van der Waals surface area contributed by atoms with Crippen molar-refractivity contribution in [2.75, 3.05) is 25.0 Å². The molecule has 1 rings (SSSR count). The highest BCUT2D eigenvalue weighted by Gasteiger charge is 2.11. The van der Waals surface area contributed by atoms with E-state index in [0.29, 0.717) is 11.5 Å². The summed E-state index contributed by atoms with van der Waals surface area (Å²) in [6.07, 6.45) is 0. The highest BCUT2D eigenvalue weighted by atomic mass is 79.9. The van der Waals surface area contributed by atoms with Crippen molar-refractivity contribution >= 4 is 44.7 Å². The highest BCUT2D eigenvalue weighted by molar-refractivity contribution is 9.10. The lowest BCUT2D eigenvalue weighted by atomic mass is 10.2. The van der Waals surface area contributed by atoms with Crippen LogP contribution in [0.25, 0.3) is 0 Å². The van der Waals surface area contributed by atoms with Crippen LogP contribution in [0.5, 0.6) is 0 Å². The Morgan fingerprint density at radius 1 is 1.56 bits per heavy atom. The number of rotatable bonds is 5. The summed E-state index contributed by atoms with van der Waals surface area (Å²) in [5, 5.41) is 2.61. The van der Waals surface area contributed by atoms with Gasteiger partial charge in [-0.3, -0.25) is 4.79 Å². The maximum Gasteiger partial charge on any atom is 0.239 e. The van der Waals surface area contributed by atoms with Crippen LogP contribution in [-0.4, -0.2) is 31.0 Å². The Labute approximate surface area is 121 Å². The molecule has 0 bridgehead atoms. The third-order valence-electron chi connectivity index (χ3n) is 2.58. The van der Waals surface area contributed by atoms with Gasteiger partial charge in [0.15, 0.2) is 0 Å². The van der Waals surface area contributed by atoms with Gasteiger partial charge in [-0.05, 0) is 41.1 Å². The highest BCUT2D eigenvalue weighted by Crippen LogP contribution is 2.24. The number of likely N-dealkylation sites (N-methyl/N-ethyl adjacent to an activating group) is 2. The SMILES string of the molecule is CCN(CC(=O)NC)c1ccc(C(N)=S)c(Br)c1. The fourth-order valence-electron chi connectivity index (χ4n) is 1.54. The van der Waals surface area contributed by atoms with E-state index in [4.69, 9.17) is 18.0 Å². The summed E-state index contributed by atoms with van der Waals surface area (Å²) < 4.78 is 0.836. The molecule has 0 aromatic heterocycles. The molecule has 1 aromatic rings. The smallest absolute Gasteiger partial charge is 0.239 e. The minimum absolute atomic E-state index is 0.0219. The van der Waals surface area contributed by atoms with Gasteiger partial charge < -0.3 is 16.0 Å². The summed E-state index contributed by atoms with van der Waals surface area (Å²) in [7, 11) is 1.63. The van der Waals surface area contributed by atoms with Gasteiger partial charge >= 0.3 is 0 Å². The Kier molecular flexibility index (Phi) is 5.55. The number of nitrogens with two attached hydrogens (primary N) is 1. The van der Waals surface area contributed by atoms with Crippen molar-refractivity contribution in [1.29, 1.82) is 0 Å². The zero-order chi connectivity index (χ0) is 13.7. The summed E-state index contributed by atoms with van der Waals surface area (Å²) in [4.78, 5) is 13.7. The van der Waals surface area contributed by atoms with E-state index in [-0.39, 0.29) is 5.91 Å². The summed E-state index contributed by atoms with van der Waals surface area (Å²) >= 11 is 8.38. The molecule has 6 heteroatoms. The van der Waals surface area contributed by atoms with E-state index in [0.717, 1.165) is 22.3 Å². The molecule has 0 fully saturated rings. The van der Waals surface area contributed by atoms with Crippen molar-refractivity contribution in [3.05, 3.63) is 28.2 Å². The van der Waals surface area contributed by atoms with Crippen LogP contribution in [0, 0.1) is 0 Å². The number of hydrogen-bond donors (Lipinski definition) is 2. The molecular weight excluding hydrogens is 314 g/mol. The largest absolute Gasteiger partial charge is 0.389 e. The van der Waals surface area contributed by atoms with E-state index >= 15 is 0 Å². The Hall–Kier alpha value is -1.14. The van der Waals surface area contributed by atoms with Crippen molar-refractivity contribution in [1.82, 2.24) is 5.32 Å². The predicted molar refractivity (Wildman–Crippen MR) is 82.0 cm³/mol. The third kappa shape index (κ3) is 3.68. The summed E-state index contributed by atoms with van der Waals surface area (Å²) in [5.41, 5.74) is 7.35. The Bertz CT molecular complexity index is 465. The normalized spacial score (nSPS) is 9.94. The van der Waals surface area contributed by atoms with Crippen molar-refractivity contribution in [2.45, 2.75) is 6.92 Å². The van der Waals surface area contributed by atoms with E-state index in [1.165, 1.54) is 0 Å². The number of nitrogens with one attached hydrogen (secondary N) is 1. The van der Waals surface area contributed by atoms with E-state index in [2.05, 4.69) is 21.2 Å². The molecule has 0 atom stereocenters. The molecule has 0 saturated carbocycles. The van der Waals surface area contributed by atoms with Gasteiger partial charge in [-0.1, -0.05) is 12.2 Å². The molecule has 0 spiro atoms. The maximum absolute atomic E-state index is 11.4. The van der Waals surface area contributed by atoms with Gasteiger partial charge in [0.1, 0.15) is 4.99 Å².